The van der Waals surface area contributed by atoms with Gasteiger partial charge in [-0.3, -0.25) is 0 Å². The summed E-state index contributed by atoms with van der Waals surface area (Å²) < 4.78 is 0.937. The molecule has 0 aliphatic carbocycles. The van der Waals surface area contributed by atoms with Crippen LogP contribution in [0.5, 0.6) is 0 Å². The molecule has 0 unspecified atom stereocenters. The highest BCUT2D eigenvalue weighted by Gasteiger charge is 2.14. The highest BCUT2D eigenvalue weighted by molar-refractivity contribution is 9.10. The van der Waals surface area contributed by atoms with E-state index < -0.39 is 0 Å². The monoisotopic (exact) mass is 313 g/mol. The van der Waals surface area contributed by atoms with Gasteiger partial charge in [0, 0.05) is 23.1 Å². The molecule has 1 aromatic carbocycles. The van der Waals surface area contributed by atoms with Gasteiger partial charge in [0.05, 0.1) is 5.69 Å². The summed E-state index contributed by atoms with van der Waals surface area (Å²) in [6, 6.07) is 5.95. The smallest absolute Gasteiger partial charge is 0.107 e. The summed E-state index contributed by atoms with van der Waals surface area (Å²) in [6.07, 6.45) is 3.80. The van der Waals surface area contributed by atoms with Gasteiger partial charge in [0.15, 0.2) is 0 Å². The molecule has 1 saturated heterocycles. The van der Waals surface area contributed by atoms with Gasteiger partial charge >= 0.3 is 0 Å². The van der Waals surface area contributed by atoms with Crippen molar-refractivity contribution in [1.29, 1.82) is 0 Å². The molecular formula is C12H16BrN3S. The molecule has 3 N–H and O–H groups in total. The number of rotatable bonds is 3. The lowest BCUT2D eigenvalue weighted by Gasteiger charge is -2.29. The van der Waals surface area contributed by atoms with Gasteiger partial charge in [0.1, 0.15) is 4.99 Å². The molecule has 2 rings (SSSR count). The number of halogens is 1. The van der Waals surface area contributed by atoms with Crippen LogP contribution in [0, 0.1) is 0 Å². The molecule has 0 atom stereocenters. The summed E-state index contributed by atoms with van der Waals surface area (Å²) in [5.74, 6) is 0. The van der Waals surface area contributed by atoms with Gasteiger partial charge in [-0.1, -0.05) is 24.7 Å². The largest absolute Gasteiger partial charge is 0.389 e. The molecule has 17 heavy (non-hydrogen) atoms. The Morgan fingerprint density at radius 2 is 2.00 bits per heavy atom. The summed E-state index contributed by atoms with van der Waals surface area (Å²) in [5, 5.41) is 2.23. The maximum Gasteiger partial charge on any atom is 0.107 e. The van der Waals surface area contributed by atoms with Gasteiger partial charge < -0.3 is 11.2 Å². The van der Waals surface area contributed by atoms with E-state index in [9.17, 15) is 0 Å². The molecule has 0 spiro atoms. The molecule has 1 aliphatic heterocycles. The fraction of sp³-hybridized carbons (Fsp3) is 0.417. The van der Waals surface area contributed by atoms with Gasteiger partial charge in [-0.2, -0.15) is 0 Å². The van der Waals surface area contributed by atoms with Crippen molar-refractivity contribution in [3.05, 3.63) is 28.2 Å². The standard InChI is InChI=1S/C12H16BrN3S/c13-9-5-4-6-10(11(9)12(14)17)15-16-7-2-1-3-8-16/h4-6,15H,1-3,7-8H2,(H2,14,17). The fourth-order valence-corrected chi connectivity index (χ4v) is 2.97. The van der Waals surface area contributed by atoms with E-state index in [1.165, 1.54) is 19.3 Å². The zero-order valence-corrected chi connectivity index (χ0v) is 12.0. The van der Waals surface area contributed by atoms with Crippen molar-refractivity contribution in [3.8, 4) is 0 Å². The number of nitrogens with zero attached hydrogens (tertiary/aromatic N) is 1. The molecule has 0 radical (unpaired) electrons. The average molecular weight is 314 g/mol. The second kappa shape index (κ2) is 5.80. The Bertz CT molecular complexity index is 416. The van der Waals surface area contributed by atoms with E-state index in [1.807, 2.05) is 18.2 Å². The van der Waals surface area contributed by atoms with E-state index in [-0.39, 0.29) is 0 Å². The van der Waals surface area contributed by atoms with E-state index in [4.69, 9.17) is 18.0 Å². The van der Waals surface area contributed by atoms with Crippen LogP contribution in [0.3, 0.4) is 0 Å². The van der Waals surface area contributed by atoms with Crippen LogP contribution in [0.2, 0.25) is 0 Å². The molecule has 1 aromatic rings. The number of hydrogen-bond donors (Lipinski definition) is 2. The third-order valence-corrected chi connectivity index (χ3v) is 3.76. The van der Waals surface area contributed by atoms with E-state index in [0.29, 0.717) is 4.99 Å². The first kappa shape index (κ1) is 12.8. The second-order valence-electron chi connectivity index (χ2n) is 4.19. The van der Waals surface area contributed by atoms with Crippen LogP contribution in [-0.2, 0) is 0 Å². The Morgan fingerprint density at radius 1 is 1.29 bits per heavy atom. The normalized spacial score (nSPS) is 16.8. The lowest BCUT2D eigenvalue weighted by atomic mass is 10.1. The number of hydrazine groups is 1. The minimum Gasteiger partial charge on any atom is -0.389 e. The zero-order chi connectivity index (χ0) is 12.3. The number of piperidine rings is 1. The van der Waals surface area contributed by atoms with Crippen molar-refractivity contribution >= 4 is 38.8 Å². The van der Waals surface area contributed by atoms with Gasteiger partial charge in [-0.15, -0.1) is 0 Å². The first-order chi connectivity index (χ1) is 8.18. The number of anilines is 1. The van der Waals surface area contributed by atoms with Crippen molar-refractivity contribution in [2.75, 3.05) is 18.5 Å². The summed E-state index contributed by atoms with van der Waals surface area (Å²) in [5.41, 5.74) is 11.0. The Hall–Kier alpha value is -0.650. The fourth-order valence-electron chi connectivity index (χ4n) is 2.04. The van der Waals surface area contributed by atoms with Gasteiger partial charge in [-0.25, -0.2) is 5.01 Å². The maximum absolute atomic E-state index is 5.76. The average Bonchev–Trinajstić information content (AvgIpc) is 2.30. The van der Waals surface area contributed by atoms with Crippen LogP contribution < -0.4 is 11.2 Å². The Labute approximate surface area is 115 Å². The van der Waals surface area contributed by atoms with Crippen LogP contribution in [0.4, 0.5) is 5.69 Å². The molecule has 0 bridgehead atoms. The van der Waals surface area contributed by atoms with E-state index >= 15 is 0 Å². The Kier molecular flexibility index (Phi) is 4.36. The molecule has 1 aliphatic rings. The van der Waals surface area contributed by atoms with Crippen LogP contribution in [0.15, 0.2) is 22.7 Å². The van der Waals surface area contributed by atoms with Gasteiger partial charge in [0.25, 0.3) is 0 Å². The maximum atomic E-state index is 5.76. The minimum atomic E-state index is 0.414. The molecule has 92 valence electrons. The second-order valence-corrected chi connectivity index (χ2v) is 5.48. The van der Waals surface area contributed by atoms with Gasteiger partial charge in [-0.05, 0) is 40.9 Å². The van der Waals surface area contributed by atoms with E-state index in [1.54, 1.807) is 0 Å². The van der Waals surface area contributed by atoms with Crippen molar-refractivity contribution < 1.29 is 0 Å². The highest BCUT2D eigenvalue weighted by Crippen LogP contribution is 2.25. The van der Waals surface area contributed by atoms with E-state index in [0.717, 1.165) is 28.8 Å². The molecule has 5 heteroatoms. The third-order valence-electron chi connectivity index (χ3n) is 2.89. The predicted molar refractivity (Wildman–Crippen MR) is 79.1 cm³/mol. The number of benzene rings is 1. The lowest BCUT2D eigenvalue weighted by Crippen LogP contribution is -2.35. The summed E-state index contributed by atoms with van der Waals surface area (Å²) in [7, 11) is 0. The van der Waals surface area contributed by atoms with Crippen molar-refractivity contribution in [3.63, 3.8) is 0 Å². The first-order valence-corrected chi connectivity index (χ1v) is 6.98. The molecule has 0 saturated carbocycles. The Balaban J connectivity index is 2.19. The number of nitrogens with one attached hydrogen (secondary N) is 1. The zero-order valence-electron chi connectivity index (χ0n) is 9.58. The molecule has 0 aromatic heterocycles. The van der Waals surface area contributed by atoms with Crippen LogP contribution in [-0.4, -0.2) is 23.1 Å². The van der Waals surface area contributed by atoms with Gasteiger partial charge in [0.2, 0.25) is 0 Å². The topological polar surface area (TPSA) is 41.3 Å². The number of thiocarbonyl (C=S) groups is 1. The van der Waals surface area contributed by atoms with Crippen molar-refractivity contribution in [2.45, 2.75) is 19.3 Å². The van der Waals surface area contributed by atoms with Crippen LogP contribution >= 0.6 is 28.1 Å². The summed E-state index contributed by atoms with van der Waals surface area (Å²) in [4.78, 5) is 0.414. The summed E-state index contributed by atoms with van der Waals surface area (Å²) in [6.45, 7) is 2.15. The number of nitrogens with two attached hydrogens (primary N) is 1. The molecular weight excluding hydrogens is 298 g/mol. The molecule has 3 nitrogen and oxygen atoms in total. The third kappa shape index (κ3) is 3.18. The highest BCUT2D eigenvalue weighted by atomic mass is 79.9. The number of hydrogen-bond acceptors (Lipinski definition) is 3. The predicted octanol–water partition coefficient (Wildman–Crippen LogP) is 2.90. The lowest BCUT2D eigenvalue weighted by molar-refractivity contribution is 0.273. The summed E-state index contributed by atoms with van der Waals surface area (Å²) >= 11 is 8.58. The minimum absolute atomic E-state index is 0.414. The van der Waals surface area contributed by atoms with E-state index in [2.05, 4.69) is 26.4 Å². The molecule has 0 amide bonds. The molecule has 1 fully saturated rings. The quantitative estimate of drug-likeness (QED) is 0.842. The van der Waals surface area contributed by atoms with Crippen LogP contribution in [0.1, 0.15) is 24.8 Å². The van der Waals surface area contributed by atoms with Crippen LogP contribution in [0.25, 0.3) is 0 Å². The molecule has 1 heterocycles. The van der Waals surface area contributed by atoms with Crippen molar-refractivity contribution in [1.82, 2.24) is 5.01 Å². The first-order valence-electron chi connectivity index (χ1n) is 5.78. The Morgan fingerprint density at radius 3 is 2.65 bits per heavy atom. The SMILES string of the molecule is NC(=S)c1c(Br)cccc1NN1CCCCC1. The van der Waals surface area contributed by atoms with Crippen molar-refractivity contribution in [2.24, 2.45) is 5.73 Å².